The maximum atomic E-state index is 3.63. The lowest BCUT2D eigenvalue weighted by atomic mass is 10.1. The quantitative estimate of drug-likeness (QED) is 0.0699. The largest absolute Gasteiger partial charge is 0.137 e. The van der Waals surface area contributed by atoms with Crippen LogP contribution < -0.4 is 15.9 Å². The van der Waals surface area contributed by atoms with Gasteiger partial charge in [0.25, 0.3) is 0 Å². The number of alkyl halides is 1. The molecular formula is C30H40I3PSi. The Morgan fingerprint density at radius 3 is 1.31 bits per heavy atom. The molecular weight excluding hydrogens is 800 g/mol. The highest BCUT2D eigenvalue weighted by Gasteiger charge is 2.23. The molecule has 0 spiro atoms. The van der Waals surface area contributed by atoms with Crippen molar-refractivity contribution in [1.82, 2.24) is 0 Å². The summed E-state index contributed by atoms with van der Waals surface area (Å²) in [5.41, 5.74) is 3.63. The topological polar surface area (TPSA) is 0 Å². The van der Waals surface area contributed by atoms with Gasteiger partial charge in [0.2, 0.25) is 0 Å². The van der Waals surface area contributed by atoms with E-state index < -0.39 is 16.0 Å². The first-order valence-corrected chi connectivity index (χ1v) is 17.6. The summed E-state index contributed by atoms with van der Waals surface area (Å²) in [7, 11) is -1.61. The molecule has 0 aliphatic carbocycles. The summed E-state index contributed by atoms with van der Waals surface area (Å²) in [5, 5.41) is 4.19. The third-order valence-corrected chi connectivity index (χ3v) is 14.9. The number of halogens is 3. The van der Waals surface area contributed by atoms with E-state index >= 15 is 0 Å². The van der Waals surface area contributed by atoms with Crippen LogP contribution in [0.1, 0.15) is 34.1 Å². The second kappa shape index (κ2) is 20.1. The molecule has 190 valence electrons. The van der Waals surface area contributed by atoms with Gasteiger partial charge in [0.05, 0.1) is 0 Å². The highest BCUT2D eigenvalue weighted by Crippen LogP contribution is 2.32. The van der Waals surface area contributed by atoms with Gasteiger partial charge in [0.15, 0.2) is 0 Å². The van der Waals surface area contributed by atoms with E-state index in [-0.39, 0.29) is 48.0 Å². The molecule has 0 aliphatic heterocycles. The highest BCUT2D eigenvalue weighted by atomic mass is 127. The van der Waals surface area contributed by atoms with Gasteiger partial charge in [-0.15, -0.1) is 59.4 Å². The van der Waals surface area contributed by atoms with E-state index in [9.17, 15) is 0 Å². The maximum Gasteiger partial charge on any atom is 0.137 e. The average Bonchev–Trinajstić information content (AvgIpc) is 2.89. The van der Waals surface area contributed by atoms with E-state index in [1.165, 1.54) is 38.5 Å². The molecule has 0 N–H and O–H groups in total. The predicted molar refractivity (Wildman–Crippen MR) is 194 cm³/mol. The lowest BCUT2D eigenvalue weighted by Gasteiger charge is -2.20. The van der Waals surface area contributed by atoms with Gasteiger partial charge in [-0.05, 0) is 47.9 Å². The van der Waals surface area contributed by atoms with E-state index in [0.717, 1.165) is 12.3 Å². The van der Waals surface area contributed by atoms with Gasteiger partial charge in [-0.25, -0.2) is 0 Å². The number of hydrogen-bond donors (Lipinski definition) is 0. The SMILES string of the molecule is CC[Si](C#CC[C@@H](C)CI)(CC)CC.I.I.c1ccc(P(c2ccccc2)c2ccccc2)cc1. The molecule has 0 saturated heterocycles. The zero-order valence-electron chi connectivity index (χ0n) is 21.4. The molecule has 0 unspecified atom stereocenters. The Morgan fingerprint density at radius 1 is 0.686 bits per heavy atom. The minimum Gasteiger partial charge on any atom is -0.131 e. The number of hydrogen-bond acceptors (Lipinski definition) is 0. The van der Waals surface area contributed by atoms with E-state index in [2.05, 4.69) is 153 Å². The first-order valence-electron chi connectivity index (χ1n) is 12.1. The van der Waals surface area contributed by atoms with Crippen LogP contribution in [0.5, 0.6) is 0 Å². The molecule has 3 aromatic carbocycles. The number of rotatable bonds is 8. The van der Waals surface area contributed by atoms with Crippen LogP contribution in [0.3, 0.4) is 0 Å². The molecule has 0 nitrogen and oxygen atoms in total. The molecule has 1 atom stereocenters. The molecule has 0 aliphatic rings. The van der Waals surface area contributed by atoms with E-state index in [1.807, 2.05) is 0 Å². The Labute approximate surface area is 264 Å². The summed E-state index contributed by atoms with van der Waals surface area (Å²) in [6, 6.07) is 36.3. The summed E-state index contributed by atoms with van der Waals surface area (Å²) in [6.45, 7) is 9.23. The van der Waals surface area contributed by atoms with E-state index in [4.69, 9.17) is 0 Å². The number of benzene rings is 3. The Bertz CT molecular complexity index is 866. The van der Waals surface area contributed by atoms with Gasteiger partial charge < -0.3 is 0 Å². The van der Waals surface area contributed by atoms with E-state index in [1.54, 1.807) is 0 Å². The normalized spacial score (nSPS) is 11.0. The van der Waals surface area contributed by atoms with Crippen LogP contribution in [0, 0.1) is 17.4 Å². The third-order valence-electron chi connectivity index (χ3n) is 6.14. The van der Waals surface area contributed by atoms with Crippen molar-refractivity contribution in [2.24, 2.45) is 5.92 Å². The molecule has 5 heteroatoms. The van der Waals surface area contributed by atoms with Crippen molar-refractivity contribution in [1.29, 1.82) is 0 Å². The molecule has 35 heavy (non-hydrogen) atoms. The molecule has 0 radical (unpaired) electrons. The molecule has 3 rings (SSSR count). The molecule has 0 amide bonds. The first kappa shape index (κ1) is 35.1. The van der Waals surface area contributed by atoms with Gasteiger partial charge >= 0.3 is 0 Å². The Morgan fingerprint density at radius 2 is 1.03 bits per heavy atom. The zero-order chi connectivity index (χ0) is 23.9. The smallest absolute Gasteiger partial charge is 0.131 e. The van der Waals surface area contributed by atoms with Crippen LogP contribution >= 0.6 is 78.5 Å². The zero-order valence-corrected chi connectivity index (χ0v) is 30.1. The fourth-order valence-corrected chi connectivity index (χ4v) is 8.78. The maximum absolute atomic E-state index is 3.63. The molecule has 0 fully saturated rings. The Balaban J connectivity index is 0.000000657. The van der Waals surface area contributed by atoms with Crippen molar-refractivity contribution < 1.29 is 0 Å². The van der Waals surface area contributed by atoms with Crippen molar-refractivity contribution in [3.05, 3.63) is 91.0 Å². The van der Waals surface area contributed by atoms with Crippen molar-refractivity contribution >= 4 is 102 Å². The highest BCUT2D eigenvalue weighted by molar-refractivity contribution is 14.1. The van der Waals surface area contributed by atoms with Crippen molar-refractivity contribution in [3.63, 3.8) is 0 Å². The predicted octanol–water partition coefficient (Wildman–Crippen LogP) is 9.18. The minimum absolute atomic E-state index is 0. The molecule has 0 aromatic heterocycles. The summed E-state index contributed by atoms with van der Waals surface area (Å²) < 4.78 is 1.23. The first-order chi connectivity index (χ1) is 16.1. The van der Waals surface area contributed by atoms with Crippen molar-refractivity contribution in [2.75, 3.05) is 4.43 Å². The van der Waals surface area contributed by atoms with Crippen LogP contribution in [0.15, 0.2) is 91.0 Å². The third kappa shape index (κ3) is 12.0. The summed E-state index contributed by atoms with van der Waals surface area (Å²) >= 11 is 2.45. The minimum atomic E-state index is -1.16. The van der Waals surface area contributed by atoms with Crippen LogP contribution in [0.4, 0.5) is 0 Å². The standard InChI is InChI=1S/C18H15P.C12H23ISi.2HI/c1-4-10-16(11-5-1)19(17-12-6-2-7-13-17)18-14-8-3-9-15-18;1-5-14(6-2,7-3)10-8-9-12(4)11-13;;/h1-15H;12H,5-7,9,11H2,1-4H3;2*1H/t;12-;;/m.1../s1. The van der Waals surface area contributed by atoms with Crippen molar-refractivity contribution in [2.45, 2.75) is 52.2 Å². The Hall–Kier alpha value is 0.0569. The monoisotopic (exact) mass is 840 g/mol. The van der Waals surface area contributed by atoms with Crippen LogP contribution in [0.25, 0.3) is 0 Å². The van der Waals surface area contributed by atoms with Gasteiger partial charge in [0.1, 0.15) is 8.07 Å². The second-order valence-electron chi connectivity index (χ2n) is 8.45. The average molecular weight is 840 g/mol. The van der Waals surface area contributed by atoms with Crippen LogP contribution in [-0.2, 0) is 0 Å². The lowest BCUT2D eigenvalue weighted by molar-refractivity contribution is 0.699. The molecule has 0 saturated carbocycles. The summed E-state index contributed by atoms with van der Waals surface area (Å²) in [4.78, 5) is 0. The molecule has 0 bridgehead atoms. The van der Waals surface area contributed by atoms with Crippen molar-refractivity contribution in [3.8, 4) is 11.5 Å². The van der Waals surface area contributed by atoms with Crippen LogP contribution in [-0.4, -0.2) is 12.5 Å². The Kier molecular flexibility index (Phi) is 20.1. The fraction of sp³-hybridized carbons (Fsp3) is 0.333. The molecule has 3 aromatic rings. The second-order valence-corrected chi connectivity index (χ2v) is 16.5. The van der Waals surface area contributed by atoms with Gasteiger partial charge in [-0.3, -0.25) is 0 Å². The summed E-state index contributed by atoms with van der Waals surface area (Å²) in [5.74, 6) is 4.20. The van der Waals surface area contributed by atoms with Gasteiger partial charge in [-0.1, -0.05) is 141 Å². The fourth-order valence-electron chi connectivity index (χ4n) is 3.66. The van der Waals surface area contributed by atoms with Crippen LogP contribution in [0.2, 0.25) is 18.1 Å². The van der Waals surface area contributed by atoms with Gasteiger partial charge in [0, 0.05) is 10.8 Å². The van der Waals surface area contributed by atoms with E-state index in [0.29, 0.717) is 0 Å². The summed E-state index contributed by atoms with van der Waals surface area (Å²) in [6.07, 6.45) is 1.09. The molecule has 0 heterocycles. The lowest BCUT2D eigenvalue weighted by Crippen LogP contribution is -2.29. The van der Waals surface area contributed by atoms with Gasteiger partial charge in [-0.2, -0.15) is 0 Å².